The number of nitrogens with zero attached hydrogens (tertiary/aromatic N) is 1. The second kappa shape index (κ2) is 9.64. The van der Waals surface area contributed by atoms with E-state index in [9.17, 15) is 14.4 Å². The molecule has 0 unspecified atom stereocenters. The highest BCUT2D eigenvalue weighted by Crippen LogP contribution is 2.29. The second-order valence-corrected chi connectivity index (χ2v) is 7.93. The Morgan fingerprint density at radius 1 is 1.32 bits per heavy atom. The first-order chi connectivity index (χ1) is 13.1. The molecule has 0 spiro atoms. The van der Waals surface area contributed by atoms with Gasteiger partial charge in [0.15, 0.2) is 0 Å². The third kappa shape index (κ3) is 7.26. The largest absolute Gasteiger partial charge is 0.444 e. The highest BCUT2D eigenvalue weighted by molar-refractivity contribution is 6.33. The predicted molar refractivity (Wildman–Crippen MR) is 109 cm³/mol. The Balaban J connectivity index is 1.77. The Kier molecular flexibility index (Phi) is 7.51. The van der Waals surface area contributed by atoms with Gasteiger partial charge in [0.25, 0.3) is 0 Å². The minimum Gasteiger partial charge on any atom is -0.444 e. The van der Waals surface area contributed by atoms with Gasteiger partial charge in [0.2, 0.25) is 11.8 Å². The molecule has 1 aromatic carbocycles. The van der Waals surface area contributed by atoms with Crippen molar-refractivity contribution in [1.82, 2.24) is 10.6 Å². The lowest BCUT2D eigenvalue weighted by molar-refractivity contribution is -0.120. The summed E-state index contributed by atoms with van der Waals surface area (Å²) in [7, 11) is 0. The molecule has 154 valence electrons. The molecule has 8 nitrogen and oxygen atoms in total. The maximum absolute atomic E-state index is 12.1. The number of ether oxygens (including phenoxy) is 1. The molecule has 28 heavy (non-hydrogen) atoms. The van der Waals surface area contributed by atoms with Crippen LogP contribution >= 0.6 is 11.6 Å². The number of halogens is 1. The van der Waals surface area contributed by atoms with Crippen molar-refractivity contribution in [1.29, 1.82) is 0 Å². The summed E-state index contributed by atoms with van der Waals surface area (Å²) in [6, 6.07) is 5.21. The van der Waals surface area contributed by atoms with Crippen molar-refractivity contribution in [3.05, 3.63) is 23.2 Å². The van der Waals surface area contributed by atoms with Gasteiger partial charge >= 0.3 is 6.09 Å². The SMILES string of the molecule is CC(C)(C)OC(=O)NCCCC(=O)Nc1ccc(N2CCNC(=O)C2)c(Cl)c1. The molecule has 1 aliphatic rings. The molecule has 0 atom stereocenters. The minimum atomic E-state index is -0.551. The first-order valence-electron chi connectivity index (χ1n) is 9.22. The predicted octanol–water partition coefficient (Wildman–Crippen LogP) is 2.52. The van der Waals surface area contributed by atoms with Crippen LogP contribution in [0.3, 0.4) is 0 Å². The monoisotopic (exact) mass is 410 g/mol. The fourth-order valence-corrected chi connectivity index (χ4v) is 2.96. The van der Waals surface area contributed by atoms with Crippen LogP contribution in [0.1, 0.15) is 33.6 Å². The van der Waals surface area contributed by atoms with E-state index in [1.165, 1.54) is 0 Å². The Bertz CT molecular complexity index is 733. The zero-order valence-electron chi connectivity index (χ0n) is 16.4. The third-order valence-corrected chi connectivity index (χ3v) is 4.16. The average molecular weight is 411 g/mol. The van der Waals surface area contributed by atoms with Crippen LogP contribution in [0.4, 0.5) is 16.2 Å². The topological polar surface area (TPSA) is 99.8 Å². The Morgan fingerprint density at radius 3 is 2.71 bits per heavy atom. The van der Waals surface area contributed by atoms with Gasteiger partial charge in [-0.3, -0.25) is 9.59 Å². The lowest BCUT2D eigenvalue weighted by Crippen LogP contribution is -2.47. The average Bonchev–Trinajstić information content (AvgIpc) is 2.57. The fourth-order valence-electron chi connectivity index (χ4n) is 2.66. The van der Waals surface area contributed by atoms with E-state index in [1.54, 1.807) is 39.0 Å². The van der Waals surface area contributed by atoms with E-state index in [2.05, 4.69) is 16.0 Å². The quantitative estimate of drug-likeness (QED) is 0.626. The second-order valence-electron chi connectivity index (χ2n) is 7.52. The number of benzene rings is 1. The molecular weight excluding hydrogens is 384 g/mol. The highest BCUT2D eigenvalue weighted by Gasteiger charge is 2.19. The summed E-state index contributed by atoms with van der Waals surface area (Å²) >= 11 is 6.32. The summed E-state index contributed by atoms with van der Waals surface area (Å²) in [5.74, 6) is -0.216. The summed E-state index contributed by atoms with van der Waals surface area (Å²) in [5, 5.41) is 8.63. The van der Waals surface area contributed by atoms with Gasteiger partial charge in [-0.2, -0.15) is 0 Å². The van der Waals surface area contributed by atoms with Crippen molar-refractivity contribution in [2.24, 2.45) is 0 Å². The lowest BCUT2D eigenvalue weighted by atomic mass is 10.2. The number of carbonyl (C=O) groups is 3. The number of carbonyl (C=O) groups excluding carboxylic acids is 3. The van der Waals surface area contributed by atoms with E-state index in [0.717, 1.165) is 5.69 Å². The van der Waals surface area contributed by atoms with Crippen LogP contribution in [0.15, 0.2) is 18.2 Å². The van der Waals surface area contributed by atoms with Crippen LogP contribution in [0, 0.1) is 0 Å². The van der Waals surface area contributed by atoms with Gasteiger partial charge in [0.05, 0.1) is 17.3 Å². The standard InChI is InChI=1S/C19H27ClN4O4/c1-19(2,3)28-18(27)22-8-4-5-16(25)23-13-6-7-15(14(20)11-13)24-10-9-21-17(26)12-24/h6-7,11H,4-5,8-10,12H2,1-3H3,(H,21,26)(H,22,27)(H,23,25). The molecule has 3 N–H and O–H groups in total. The number of piperazine rings is 1. The molecule has 1 aromatic rings. The van der Waals surface area contributed by atoms with Gasteiger partial charge in [-0.05, 0) is 45.4 Å². The first kappa shape index (κ1) is 21.8. The van der Waals surface area contributed by atoms with E-state index < -0.39 is 11.7 Å². The summed E-state index contributed by atoms with van der Waals surface area (Å²) < 4.78 is 5.13. The van der Waals surface area contributed by atoms with Crippen LogP contribution in [-0.4, -0.2) is 49.7 Å². The molecule has 1 fully saturated rings. The van der Waals surface area contributed by atoms with Crippen LogP contribution in [0.5, 0.6) is 0 Å². The van der Waals surface area contributed by atoms with Crippen LogP contribution in [0.2, 0.25) is 5.02 Å². The van der Waals surface area contributed by atoms with E-state index in [4.69, 9.17) is 16.3 Å². The van der Waals surface area contributed by atoms with E-state index >= 15 is 0 Å². The number of alkyl carbamates (subject to hydrolysis) is 1. The van der Waals surface area contributed by atoms with E-state index in [-0.39, 0.29) is 24.8 Å². The van der Waals surface area contributed by atoms with Crippen molar-refractivity contribution in [3.63, 3.8) is 0 Å². The van der Waals surface area contributed by atoms with Crippen molar-refractivity contribution >= 4 is 40.9 Å². The lowest BCUT2D eigenvalue weighted by Gasteiger charge is -2.29. The number of hydrogen-bond acceptors (Lipinski definition) is 5. The summed E-state index contributed by atoms with van der Waals surface area (Å²) in [5.41, 5.74) is 0.793. The zero-order chi connectivity index (χ0) is 20.7. The van der Waals surface area contributed by atoms with Crippen molar-refractivity contribution in [2.45, 2.75) is 39.2 Å². The summed E-state index contributed by atoms with van der Waals surface area (Å²) in [4.78, 5) is 37.0. The number of rotatable bonds is 6. The Hall–Kier alpha value is -2.48. The van der Waals surface area contributed by atoms with Gasteiger partial charge in [-0.1, -0.05) is 11.6 Å². The molecule has 0 saturated carbocycles. The van der Waals surface area contributed by atoms with Crippen LogP contribution < -0.4 is 20.9 Å². The molecule has 1 aliphatic heterocycles. The summed E-state index contributed by atoms with van der Waals surface area (Å²) in [6.07, 6.45) is 0.239. The Labute approximate surface area is 169 Å². The number of anilines is 2. The van der Waals surface area contributed by atoms with Gasteiger partial charge in [0.1, 0.15) is 5.60 Å². The van der Waals surface area contributed by atoms with Gasteiger partial charge in [-0.15, -0.1) is 0 Å². The normalized spacial score (nSPS) is 14.3. The molecule has 1 saturated heterocycles. The number of hydrogen-bond donors (Lipinski definition) is 3. The molecule has 0 aromatic heterocycles. The molecule has 2 rings (SSSR count). The fraction of sp³-hybridized carbons (Fsp3) is 0.526. The van der Waals surface area contributed by atoms with Gasteiger partial charge < -0.3 is 25.6 Å². The third-order valence-electron chi connectivity index (χ3n) is 3.86. The molecule has 9 heteroatoms. The molecule has 1 heterocycles. The Morgan fingerprint density at radius 2 is 2.07 bits per heavy atom. The maximum Gasteiger partial charge on any atom is 0.407 e. The summed E-state index contributed by atoms with van der Waals surface area (Å²) in [6.45, 7) is 7.23. The highest BCUT2D eigenvalue weighted by atomic mass is 35.5. The zero-order valence-corrected chi connectivity index (χ0v) is 17.2. The molecule has 0 bridgehead atoms. The smallest absolute Gasteiger partial charge is 0.407 e. The van der Waals surface area contributed by atoms with Crippen LogP contribution in [-0.2, 0) is 14.3 Å². The van der Waals surface area contributed by atoms with E-state index in [1.807, 2.05) is 4.90 Å². The minimum absolute atomic E-state index is 0.0420. The molecule has 3 amide bonds. The van der Waals surface area contributed by atoms with Gasteiger partial charge in [-0.25, -0.2) is 4.79 Å². The molecular formula is C19H27ClN4O4. The molecule has 0 aliphatic carbocycles. The molecule has 0 radical (unpaired) electrons. The van der Waals surface area contributed by atoms with Crippen molar-refractivity contribution in [3.8, 4) is 0 Å². The van der Waals surface area contributed by atoms with Crippen molar-refractivity contribution < 1.29 is 19.1 Å². The van der Waals surface area contributed by atoms with Gasteiger partial charge in [0, 0.05) is 31.7 Å². The van der Waals surface area contributed by atoms with E-state index in [0.29, 0.717) is 36.8 Å². The van der Waals surface area contributed by atoms with Crippen LogP contribution in [0.25, 0.3) is 0 Å². The first-order valence-corrected chi connectivity index (χ1v) is 9.60. The maximum atomic E-state index is 12.1. The number of nitrogens with one attached hydrogen (secondary N) is 3. The number of amides is 3. The van der Waals surface area contributed by atoms with Crippen molar-refractivity contribution in [2.75, 3.05) is 36.4 Å².